The molecule has 0 saturated carbocycles. The van der Waals surface area contributed by atoms with Crippen LogP contribution in [0.4, 0.5) is 5.69 Å². The van der Waals surface area contributed by atoms with Gasteiger partial charge in [0, 0.05) is 6.54 Å². The third-order valence-corrected chi connectivity index (χ3v) is 2.81. The number of hydrogen-bond acceptors (Lipinski definition) is 6. The number of carboxylic acid groups (broad SMARTS) is 1. The van der Waals surface area contributed by atoms with Crippen LogP contribution in [0, 0.1) is 0 Å². The van der Waals surface area contributed by atoms with Crippen LogP contribution >= 0.6 is 0 Å². The third-order valence-electron chi connectivity index (χ3n) is 2.11. The lowest BCUT2D eigenvalue weighted by molar-refractivity contribution is -0.136. The van der Waals surface area contributed by atoms with E-state index in [4.69, 9.17) is 15.4 Å². The minimum Gasteiger partial charge on any atom is -0.480 e. The SMILES string of the molecule is Nc1cnn(CCS(=O)(=O)O)c1CNCC(=O)O. The number of nitrogen functional groups attached to an aromatic ring is 1. The Morgan fingerprint density at radius 3 is 2.78 bits per heavy atom. The van der Waals surface area contributed by atoms with Crippen LogP contribution in [-0.4, -0.2) is 46.1 Å². The molecule has 9 nitrogen and oxygen atoms in total. The van der Waals surface area contributed by atoms with Crippen LogP contribution in [0.15, 0.2) is 6.20 Å². The van der Waals surface area contributed by atoms with Gasteiger partial charge in [-0.2, -0.15) is 13.5 Å². The van der Waals surface area contributed by atoms with Gasteiger partial charge in [-0.1, -0.05) is 0 Å². The van der Waals surface area contributed by atoms with E-state index in [1.807, 2.05) is 0 Å². The molecule has 0 fully saturated rings. The standard InChI is InChI=1S/C8H14N4O5S/c9-6-3-11-12(1-2-18(15,16)17)7(6)4-10-5-8(13)14/h3,10H,1-2,4-5,9H2,(H,13,14)(H,15,16,17). The number of aromatic nitrogens is 2. The predicted molar refractivity (Wildman–Crippen MR) is 62.4 cm³/mol. The fourth-order valence-corrected chi connectivity index (χ4v) is 1.70. The van der Waals surface area contributed by atoms with E-state index in [2.05, 4.69) is 10.4 Å². The van der Waals surface area contributed by atoms with Crippen molar-refractivity contribution in [2.45, 2.75) is 13.1 Å². The highest BCUT2D eigenvalue weighted by Gasteiger charge is 2.11. The van der Waals surface area contributed by atoms with Gasteiger partial charge < -0.3 is 16.2 Å². The van der Waals surface area contributed by atoms with Crippen molar-refractivity contribution in [2.75, 3.05) is 18.0 Å². The maximum atomic E-state index is 10.6. The first kappa shape index (κ1) is 14.4. The van der Waals surface area contributed by atoms with Crippen LogP contribution in [-0.2, 0) is 28.0 Å². The van der Waals surface area contributed by atoms with Crippen molar-refractivity contribution in [1.82, 2.24) is 15.1 Å². The van der Waals surface area contributed by atoms with Crippen LogP contribution in [0.3, 0.4) is 0 Å². The molecular weight excluding hydrogens is 264 g/mol. The number of nitrogens with one attached hydrogen (secondary N) is 1. The van der Waals surface area contributed by atoms with E-state index in [1.54, 1.807) is 0 Å². The summed E-state index contributed by atoms with van der Waals surface area (Å²) in [7, 11) is -4.08. The lowest BCUT2D eigenvalue weighted by Crippen LogP contribution is -2.25. The van der Waals surface area contributed by atoms with E-state index in [-0.39, 0.29) is 19.6 Å². The molecule has 0 aliphatic heterocycles. The van der Waals surface area contributed by atoms with Gasteiger partial charge >= 0.3 is 5.97 Å². The predicted octanol–water partition coefficient (Wildman–Crippen LogP) is -1.47. The van der Waals surface area contributed by atoms with Gasteiger partial charge in [-0.05, 0) is 0 Å². The Hall–Kier alpha value is -1.65. The highest BCUT2D eigenvalue weighted by molar-refractivity contribution is 7.85. The normalized spacial score (nSPS) is 11.6. The Balaban J connectivity index is 2.66. The molecule has 0 bridgehead atoms. The number of nitrogens with two attached hydrogens (primary N) is 1. The summed E-state index contributed by atoms with van der Waals surface area (Å²) in [5.41, 5.74) is 6.41. The largest absolute Gasteiger partial charge is 0.480 e. The molecule has 102 valence electrons. The molecule has 1 aromatic heterocycles. The zero-order valence-electron chi connectivity index (χ0n) is 9.40. The Morgan fingerprint density at radius 2 is 2.22 bits per heavy atom. The van der Waals surface area contributed by atoms with Crippen molar-refractivity contribution in [3.8, 4) is 0 Å². The highest BCUT2D eigenvalue weighted by Crippen LogP contribution is 2.10. The molecule has 0 aliphatic carbocycles. The van der Waals surface area contributed by atoms with E-state index in [0.29, 0.717) is 11.4 Å². The zero-order valence-corrected chi connectivity index (χ0v) is 10.2. The van der Waals surface area contributed by atoms with Crippen molar-refractivity contribution in [2.24, 2.45) is 0 Å². The Morgan fingerprint density at radius 1 is 1.56 bits per heavy atom. The van der Waals surface area contributed by atoms with Gasteiger partial charge in [-0.3, -0.25) is 14.0 Å². The summed E-state index contributed by atoms with van der Waals surface area (Å²) in [5, 5.41) is 14.9. The number of aryl methyl sites for hydroxylation is 1. The lowest BCUT2D eigenvalue weighted by atomic mass is 10.3. The van der Waals surface area contributed by atoms with Crippen LogP contribution in [0.5, 0.6) is 0 Å². The van der Waals surface area contributed by atoms with Gasteiger partial charge in [-0.15, -0.1) is 0 Å². The number of hydrogen-bond donors (Lipinski definition) is 4. The molecule has 0 aromatic carbocycles. The molecule has 0 saturated heterocycles. The first-order valence-electron chi connectivity index (χ1n) is 4.97. The van der Waals surface area contributed by atoms with E-state index < -0.39 is 21.8 Å². The van der Waals surface area contributed by atoms with E-state index in [0.717, 1.165) is 0 Å². The first-order valence-corrected chi connectivity index (χ1v) is 6.58. The molecule has 1 heterocycles. The van der Waals surface area contributed by atoms with Crippen molar-refractivity contribution < 1.29 is 22.9 Å². The smallest absolute Gasteiger partial charge is 0.317 e. The summed E-state index contributed by atoms with van der Waals surface area (Å²) < 4.78 is 31.2. The summed E-state index contributed by atoms with van der Waals surface area (Å²) >= 11 is 0. The second kappa shape index (κ2) is 5.80. The minimum atomic E-state index is -4.08. The van der Waals surface area contributed by atoms with E-state index >= 15 is 0 Å². The minimum absolute atomic E-state index is 0.0554. The van der Waals surface area contributed by atoms with E-state index in [9.17, 15) is 13.2 Å². The fraction of sp³-hybridized carbons (Fsp3) is 0.500. The third kappa shape index (κ3) is 4.69. The van der Waals surface area contributed by atoms with Gasteiger partial charge in [0.2, 0.25) is 0 Å². The van der Waals surface area contributed by atoms with Gasteiger partial charge in [0.1, 0.15) is 0 Å². The van der Waals surface area contributed by atoms with Crippen molar-refractivity contribution in [3.05, 3.63) is 11.9 Å². The maximum absolute atomic E-state index is 10.6. The molecule has 0 spiro atoms. The van der Waals surface area contributed by atoms with Gasteiger partial charge in [0.15, 0.2) is 0 Å². The molecule has 0 aliphatic rings. The van der Waals surface area contributed by atoms with Crippen molar-refractivity contribution >= 4 is 21.8 Å². The monoisotopic (exact) mass is 278 g/mol. The molecule has 1 aromatic rings. The molecule has 0 radical (unpaired) electrons. The summed E-state index contributed by atoms with van der Waals surface area (Å²) in [4.78, 5) is 10.3. The fourth-order valence-electron chi connectivity index (χ4n) is 1.30. The Labute approximate surface area is 103 Å². The van der Waals surface area contributed by atoms with Gasteiger partial charge in [-0.25, -0.2) is 0 Å². The molecule has 0 amide bonds. The van der Waals surface area contributed by atoms with Crippen LogP contribution in [0.25, 0.3) is 0 Å². The lowest BCUT2D eigenvalue weighted by Gasteiger charge is -2.07. The summed E-state index contributed by atoms with van der Waals surface area (Å²) in [5.74, 6) is -1.50. The maximum Gasteiger partial charge on any atom is 0.317 e. The van der Waals surface area contributed by atoms with Crippen LogP contribution in [0.2, 0.25) is 0 Å². The van der Waals surface area contributed by atoms with Crippen LogP contribution in [0.1, 0.15) is 5.69 Å². The average molecular weight is 278 g/mol. The molecule has 18 heavy (non-hydrogen) atoms. The number of carboxylic acids is 1. The number of rotatable bonds is 7. The van der Waals surface area contributed by atoms with Crippen molar-refractivity contribution in [3.63, 3.8) is 0 Å². The molecule has 0 atom stereocenters. The molecule has 1 rings (SSSR count). The van der Waals surface area contributed by atoms with Crippen molar-refractivity contribution in [1.29, 1.82) is 0 Å². The zero-order chi connectivity index (χ0) is 13.8. The molecule has 0 unspecified atom stereocenters. The summed E-state index contributed by atoms with van der Waals surface area (Å²) in [6.07, 6.45) is 1.34. The first-order chi connectivity index (χ1) is 8.29. The van der Waals surface area contributed by atoms with E-state index in [1.165, 1.54) is 10.9 Å². The summed E-state index contributed by atoms with van der Waals surface area (Å²) in [6.45, 7) is -0.160. The van der Waals surface area contributed by atoms with Gasteiger partial charge in [0.05, 0.1) is 36.4 Å². The highest BCUT2D eigenvalue weighted by atomic mass is 32.2. The topological polar surface area (TPSA) is 148 Å². The molecule has 5 N–H and O–H groups in total. The van der Waals surface area contributed by atoms with Crippen LogP contribution < -0.4 is 11.1 Å². The Bertz CT molecular complexity index is 524. The number of aliphatic carboxylic acids is 1. The Kier molecular flexibility index (Phi) is 4.64. The number of carbonyl (C=O) groups is 1. The van der Waals surface area contributed by atoms with Gasteiger partial charge in [0.25, 0.3) is 10.1 Å². The second-order valence-corrected chi connectivity index (χ2v) is 5.13. The number of nitrogens with zero attached hydrogens (tertiary/aromatic N) is 2. The quantitative estimate of drug-likeness (QED) is 0.442. The molecule has 10 heteroatoms. The molecular formula is C8H14N4O5S. The second-order valence-electron chi connectivity index (χ2n) is 3.55. The number of anilines is 1. The average Bonchev–Trinajstić information content (AvgIpc) is 2.56. The summed E-state index contributed by atoms with van der Waals surface area (Å²) in [6, 6.07) is 0.